The quantitative estimate of drug-likeness (QED) is 0.252. The molecule has 1 fully saturated rings. The van der Waals surface area contributed by atoms with Gasteiger partial charge in [-0.1, -0.05) is 12.5 Å². The summed E-state index contributed by atoms with van der Waals surface area (Å²) in [6.45, 7) is -0.499. The fraction of sp³-hybridized carbons (Fsp3) is 0.538. The van der Waals surface area contributed by atoms with Crippen molar-refractivity contribution in [2.45, 2.75) is 89.3 Å². The van der Waals surface area contributed by atoms with Crippen molar-refractivity contribution in [3.8, 4) is 0 Å². The van der Waals surface area contributed by atoms with Gasteiger partial charge in [0.2, 0.25) is 11.8 Å². The number of carbonyl (C=O) groups excluding carboxylic acids is 2. The first kappa shape index (κ1) is 32.8. The van der Waals surface area contributed by atoms with Gasteiger partial charge >= 0.3 is 12.4 Å². The lowest BCUT2D eigenvalue weighted by molar-refractivity contribution is -0.144. The third-order valence-electron chi connectivity index (χ3n) is 6.28. The molecule has 0 aliphatic heterocycles. The molecular weight excluding hydrogens is 580 g/mol. The molecule has 8 nitrogen and oxygen atoms in total. The number of hydrogen-bond acceptors (Lipinski definition) is 4. The summed E-state index contributed by atoms with van der Waals surface area (Å²) in [5.74, 6) is -3.29. The molecule has 1 aliphatic carbocycles. The number of carbonyl (C=O) groups is 2. The van der Waals surface area contributed by atoms with Gasteiger partial charge in [0.05, 0.1) is 37.0 Å². The second-order valence-corrected chi connectivity index (χ2v) is 9.83. The molecule has 1 aromatic carbocycles. The second-order valence-electron chi connectivity index (χ2n) is 9.83. The fourth-order valence-electron chi connectivity index (χ4n) is 4.11. The average molecular weight is 611 g/mol. The maximum Gasteiger partial charge on any atom is 0.390 e. The molecule has 0 saturated heterocycles. The number of hydrogen-bond donors (Lipinski definition) is 3. The van der Waals surface area contributed by atoms with Gasteiger partial charge in [-0.05, 0) is 36.6 Å². The largest absolute Gasteiger partial charge is 0.390 e. The van der Waals surface area contributed by atoms with Gasteiger partial charge < -0.3 is 15.6 Å². The molecule has 2 amide bonds. The summed E-state index contributed by atoms with van der Waals surface area (Å²) in [4.78, 5) is 31.2. The lowest BCUT2D eigenvalue weighted by atomic mass is 9.97. The van der Waals surface area contributed by atoms with Crippen LogP contribution in [0.4, 0.5) is 35.1 Å². The van der Waals surface area contributed by atoms with E-state index in [-0.39, 0.29) is 31.6 Å². The number of fused-ring (bicyclic) bond motifs is 1. The van der Waals surface area contributed by atoms with Crippen LogP contribution in [0.3, 0.4) is 0 Å². The van der Waals surface area contributed by atoms with Crippen molar-refractivity contribution in [2.24, 2.45) is 0 Å². The molecule has 16 heteroatoms. The highest BCUT2D eigenvalue weighted by atomic mass is 19.4. The Bertz CT molecular complexity index is 1320. The highest BCUT2D eigenvalue weighted by Gasteiger charge is 2.30. The molecule has 4 rings (SSSR count). The highest BCUT2D eigenvalue weighted by molar-refractivity contribution is 5.92. The Hall–Kier alpha value is -3.72. The lowest BCUT2D eigenvalue weighted by Crippen LogP contribution is -2.27. The number of amides is 2. The van der Waals surface area contributed by atoms with Gasteiger partial charge in [0.1, 0.15) is 11.5 Å². The van der Waals surface area contributed by atoms with Gasteiger partial charge in [-0.3, -0.25) is 14.3 Å². The fourth-order valence-corrected chi connectivity index (χ4v) is 4.11. The van der Waals surface area contributed by atoms with E-state index in [1.54, 1.807) is 18.2 Å². The molecule has 3 N–H and O–H groups in total. The van der Waals surface area contributed by atoms with Crippen molar-refractivity contribution < 1.29 is 44.7 Å². The summed E-state index contributed by atoms with van der Waals surface area (Å²) in [7, 11) is 0. The maximum atomic E-state index is 12.4. The SMILES string of the molecule is FC1(F)CCCCC1.O=C(CCC(F)(F)F)NCc1ccc2nc(CNC(=O)c3ccnn3CCC(F)(F)F)[nH]c2c1. The summed E-state index contributed by atoms with van der Waals surface area (Å²) in [6.07, 6.45) is -7.86. The number of aryl methyl sites for hydroxylation is 1. The van der Waals surface area contributed by atoms with Crippen LogP contribution in [0.15, 0.2) is 30.5 Å². The molecule has 42 heavy (non-hydrogen) atoms. The van der Waals surface area contributed by atoms with Crippen LogP contribution >= 0.6 is 0 Å². The summed E-state index contributed by atoms with van der Waals surface area (Å²) in [6, 6.07) is 6.25. The van der Waals surface area contributed by atoms with E-state index in [4.69, 9.17) is 0 Å². The number of alkyl halides is 8. The van der Waals surface area contributed by atoms with E-state index in [9.17, 15) is 44.7 Å². The van der Waals surface area contributed by atoms with Gasteiger partial charge in [0.15, 0.2) is 0 Å². The van der Waals surface area contributed by atoms with E-state index in [0.717, 1.165) is 11.1 Å². The third-order valence-corrected chi connectivity index (χ3v) is 6.28. The first-order valence-corrected chi connectivity index (χ1v) is 13.2. The number of benzene rings is 1. The van der Waals surface area contributed by atoms with Crippen LogP contribution in [0.25, 0.3) is 11.0 Å². The Morgan fingerprint density at radius 3 is 2.24 bits per heavy atom. The van der Waals surface area contributed by atoms with E-state index >= 15 is 0 Å². The predicted molar refractivity (Wildman–Crippen MR) is 135 cm³/mol. The van der Waals surface area contributed by atoms with E-state index in [0.29, 0.717) is 35.3 Å². The number of imidazole rings is 1. The van der Waals surface area contributed by atoms with Crippen molar-refractivity contribution in [3.63, 3.8) is 0 Å². The molecule has 0 spiro atoms. The molecule has 1 aliphatic rings. The number of halogens is 8. The van der Waals surface area contributed by atoms with Crippen LogP contribution in [0.2, 0.25) is 0 Å². The van der Waals surface area contributed by atoms with E-state index in [2.05, 4.69) is 25.7 Å². The minimum absolute atomic E-state index is 0.0242. The van der Waals surface area contributed by atoms with Gasteiger partial charge in [-0.15, -0.1) is 0 Å². The molecule has 1 saturated carbocycles. The number of nitrogens with zero attached hydrogens (tertiary/aromatic N) is 3. The first-order chi connectivity index (χ1) is 19.6. The lowest BCUT2D eigenvalue weighted by Gasteiger charge is -2.20. The molecular formula is C26H30F8N6O2. The Balaban J connectivity index is 0.000000521. The topological polar surface area (TPSA) is 105 Å². The number of aromatic amines is 1. The van der Waals surface area contributed by atoms with Gasteiger partial charge in [0, 0.05) is 32.0 Å². The number of aromatic nitrogens is 4. The molecule has 0 atom stereocenters. The Labute approximate surface area is 235 Å². The van der Waals surface area contributed by atoms with Gasteiger partial charge in [-0.25, -0.2) is 13.8 Å². The summed E-state index contributed by atoms with van der Waals surface area (Å²) in [5, 5.41) is 8.71. The Morgan fingerprint density at radius 1 is 0.929 bits per heavy atom. The zero-order valence-corrected chi connectivity index (χ0v) is 22.3. The minimum atomic E-state index is -4.40. The summed E-state index contributed by atoms with van der Waals surface area (Å²) in [5.41, 5.74) is 1.72. The second kappa shape index (κ2) is 14.0. The third kappa shape index (κ3) is 11.3. The van der Waals surface area contributed by atoms with Crippen molar-refractivity contribution in [1.29, 1.82) is 0 Å². The molecule has 232 valence electrons. The Kier molecular flexibility index (Phi) is 10.9. The molecule has 2 aromatic heterocycles. The zero-order chi connectivity index (χ0) is 31.0. The molecule has 3 aromatic rings. The summed E-state index contributed by atoms with van der Waals surface area (Å²) >= 11 is 0. The van der Waals surface area contributed by atoms with Crippen molar-refractivity contribution in [2.75, 3.05) is 0 Å². The van der Waals surface area contributed by atoms with Crippen LogP contribution in [-0.2, 0) is 24.4 Å². The molecule has 2 heterocycles. The first-order valence-electron chi connectivity index (χ1n) is 13.2. The normalized spacial score (nSPS) is 15.1. The van der Waals surface area contributed by atoms with E-state index in [1.807, 2.05) is 0 Å². The number of rotatable bonds is 9. The van der Waals surface area contributed by atoms with Crippen LogP contribution in [0, 0.1) is 0 Å². The Morgan fingerprint density at radius 2 is 1.62 bits per heavy atom. The van der Waals surface area contributed by atoms with Crippen molar-refractivity contribution >= 4 is 22.8 Å². The predicted octanol–water partition coefficient (Wildman–Crippen LogP) is 6.19. The van der Waals surface area contributed by atoms with Crippen LogP contribution in [-0.4, -0.2) is 49.8 Å². The number of H-pyrrole nitrogens is 1. The van der Waals surface area contributed by atoms with Gasteiger partial charge in [0.25, 0.3) is 5.91 Å². The maximum absolute atomic E-state index is 12.4. The highest BCUT2D eigenvalue weighted by Crippen LogP contribution is 2.32. The monoisotopic (exact) mass is 610 g/mol. The summed E-state index contributed by atoms with van der Waals surface area (Å²) < 4.78 is 99.2. The number of nitrogens with one attached hydrogen (secondary N) is 3. The molecule has 0 unspecified atom stereocenters. The standard InChI is InChI=1S/C20H20F6N6O2.C6H10F2/c21-19(22,23)5-3-17(33)27-10-12-1-2-13-14(9-12)31-16(30-13)11-28-18(34)15-4-7-29-32(15)8-6-20(24,25)26;7-6(8)4-2-1-3-5-6/h1-2,4,7,9H,3,5-6,8,10-11H2,(H,27,33)(H,28,34)(H,30,31);1-5H2. The molecule has 0 radical (unpaired) electrons. The van der Waals surface area contributed by atoms with Crippen LogP contribution in [0.5, 0.6) is 0 Å². The molecule has 0 bridgehead atoms. The van der Waals surface area contributed by atoms with Crippen molar-refractivity contribution in [3.05, 3.63) is 47.5 Å². The van der Waals surface area contributed by atoms with E-state index < -0.39 is 55.9 Å². The van der Waals surface area contributed by atoms with Crippen LogP contribution < -0.4 is 10.6 Å². The van der Waals surface area contributed by atoms with Gasteiger partial charge in [-0.2, -0.15) is 31.4 Å². The average Bonchev–Trinajstić information content (AvgIpc) is 3.54. The van der Waals surface area contributed by atoms with Crippen LogP contribution in [0.1, 0.15) is 73.2 Å². The zero-order valence-electron chi connectivity index (χ0n) is 22.3. The smallest absolute Gasteiger partial charge is 0.352 e. The van der Waals surface area contributed by atoms with E-state index in [1.165, 1.54) is 12.3 Å². The van der Waals surface area contributed by atoms with Crippen molar-refractivity contribution in [1.82, 2.24) is 30.4 Å². The minimum Gasteiger partial charge on any atom is -0.352 e.